The van der Waals surface area contributed by atoms with Crippen molar-refractivity contribution < 1.29 is 31.4 Å². The molecule has 8 nitrogen and oxygen atoms in total. The highest BCUT2D eigenvalue weighted by molar-refractivity contribution is 7.92. The van der Waals surface area contributed by atoms with E-state index in [1.54, 1.807) is 41.4 Å². The predicted molar refractivity (Wildman–Crippen MR) is 132 cm³/mol. The molecule has 2 unspecified atom stereocenters. The van der Waals surface area contributed by atoms with Crippen molar-refractivity contribution in [1.29, 1.82) is 0 Å². The van der Waals surface area contributed by atoms with E-state index in [0.717, 1.165) is 5.56 Å². The SMILES string of the molecule is [O-][S+](CCn1ccnn1)Cc1ccc(OCc2coc(/C=C/c3ccc([S+]([O-])C(F)(F)F)cc3)n2)cc1. The maximum atomic E-state index is 12.5. The van der Waals surface area contributed by atoms with Crippen LogP contribution in [0.25, 0.3) is 12.2 Å². The Labute approximate surface area is 216 Å². The summed E-state index contributed by atoms with van der Waals surface area (Å²) in [5, 5.41) is 7.57. The van der Waals surface area contributed by atoms with Crippen molar-refractivity contribution in [2.75, 3.05) is 5.75 Å². The van der Waals surface area contributed by atoms with Gasteiger partial charge in [0.2, 0.25) is 5.89 Å². The molecule has 0 amide bonds. The molecule has 194 valence electrons. The molecule has 2 aromatic heterocycles. The van der Waals surface area contributed by atoms with Gasteiger partial charge in [-0.2, -0.15) is 0 Å². The first-order valence-electron chi connectivity index (χ1n) is 10.9. The molecule has 13 heteroatoms. The third-order valence-electron chi connectivity index (χ3n) is 4.95. The molecule has 2 aromatic carbocycles. The molecular weight excluding hydrogens is 529 g/mol. The van der Waals surface area contributed by atoms with E-state index < -0.39 is 27.9 Å². The number of ether oxygens (including phenoxy) is 1. The molecule has 0 aliphatic heterocycles. The third kappa shape index (κ3) is 8.12. The number of hydrogen-bond acceptors (Lipinski definition) is 7. The second-order valence-corrected chi connectivity index (χ2v) is 10.7. The molecule has 2 atom stereocenters. The minimum Gasteiger partial charge on any atom is -0.616 e. The lowest BCUT2D eigenvalue weighted by Crippen LogP contribution is -2.23. The van der Waals surface area contributed by atoms with E-state index in [4.69, 9.17) is 9.15 Å². The van der Waals surface area contributed by atoms with E-state index in [2.05, 4.69) is 15.3 Å². The van der Waals surface area contributed by atoms with Crippen molar-refractivity contribution >= 4 is 34.5 Å². The second-order valence-electron chi connectivity index (χ2n) is 7.68. The summed E-state index contributed by atoms with van der Waals surface area (Å²) in [6.07, 6.45) is 7.94. The number of halogens is 3. The minimum absolute atomic E-state index is 0.165. The lowest BCUT2D eigenvalue weighted by Gasteiger charge is -2.11. The molecule has 37 heavy (non-hydrogen) atoms. The summed E-state index contributed by atoms with van der Waals surface area (Å²) in [5.74, 6) is 1.82. The summed E-state index contributed by atoms with van der Waals surface area (Å²) in [5.41, 5.74) is -2.72. The van der Waals surface area contributed by atoms with Gasteiger partial charge in [0.15, 0.2) is 4.90 Å². The van der Waals surface area contributed by atoms with Gasteiger partial charge >= 0.3 is 5.51 Å². The highest BCUT2D eigenvalue weighted by Gasteiger charge is 2.45. The Bertz CT molecular complexity index is 1280. The number of oxazole rings is 1. The van der Waals surface area contributed by atoms with Crippen molar-refractivity contribution in [2.45, 2.75) is 29.3 Å². The molecular formula is C24H21F3N4O4S2. The van der Waals surface area contributed by atoms with Crippen LogP contribution in [0.2, 0.25) is 0 Å². The highest BCUT2D eigenvalue weighted by atomic mass is 32.2. The molecule has 0 saturated carbocycles. The zero-order chi connectivity index (χ0) is 26.3. The van der Waals surface area contributed by atoms with E-state index in [-0.39, 0.29) is 11.5 Å². The van der Waals surface area contributed by atoms with E-state index in [1.807, 2.05) is 12.1 Å². The quantitative estimate of drug-likeness (QED) is 0.251. The molecule has 0 saturated heterocycles. The summed E-state index contributed by atoms with van der Waals surface area (Å²) in [4.78, 5) is 3.97. The van der Waals surface area contributed by atoms with Crippen LogP contribution in [0.4, 0.5) is 13.2 Å². The van der Waals surface area contributed by atoms with Crippen LogP contribution in [0.5, 0.6) is 5.75 Å². The van der Waals surface area contributed by atoms with Gasteiger partial charge < -0.3 is 18.3 Å². The number of alkyl halides is 3. The smallest absolute Gasteiger partial charge is 0.578 e. The molecule has 0 N–H and O–H groups in total. The Kier molecular flexibility index (Phi) is 8.92. The van der Waals surface area contributed by atoms with Gasteiger partial charge in [0.25, 0.3) is 0 Å². The molecule has 0 radical (unpaired) electrons. The Morgan fingerprint density at radius 3 is 2.46 bits per heavy atom. The van der Waals surface area contributed by atoms with Gasteiger partial charge in [-0.05, 0) is 59.2 Å². The van der Waals surface area contributed by atoms with Crippen LogP contribution >= 0.6 is 0 Å². The molecule has 4 aromatic rings. The Balaban J connectivity index is 1.23. The van der Waals surface area contributed by atoms with E-state index in [0.29, 0.717) is 40.9 Å². The second kappa shape index (κ2) is 12.3. The zero-order valence-electron chi connectivity index (χ0n) is 19.2. The molecule has 0 fully saturated rings. The van der Waals surface area contributed by atoms with Crippen LogP contribution in [0, 0.1) is 0 Å². The molecule has 0 bridgehead atoms. The van der Waals surface area contributed by atoms with Crippen LogP contribution in [-0.2, 0) is 41.3 Å². The number of benzene rings is 2. The molecule has 0 aliphatic rings. The van der Waals surface area contributed by atoms with Crippen LogP contribution in [0.15, 0.2) is 76.5 Å². The number of aromatic nitrogens is 4. The first kappa shape index (κ1) is 26.8. The van der Waals surface area contributed by atoms with Crippen LogP contribution in [0.3, 0.4) is 0 Å². The van der Waals surface area contributed by atoms with Crippen molar-refractivity contribution in [2.24, 2.45) is 0 Å². The average Bonchev–Trinajstić information content (AvgIpc) is 3.57. The van der Waals surface area contributed by atoms with Gasteiger partial charge in [-0.1, -0.05) is 17.3 Å². The fourth-order valence-electron chi connectivity index (χ4n) is 3.11. The van der Waals surface area contributed by atoms with Gasteiger partial charge in [0, 0.05) is 17.8 Å². The number of nitrogens with zero attached hydrogens (tertiary/aromatic N) is 4. The summed E-state index contributed by atoms with van der Waals surface area (Å²) in [6.45, 7) is 0.706. The van der Waals surface area contributed by atoms with Crippen LogP contribution in [0.1, 0.15) is 22.7 Å². The topological polar surface area (TPSA) is 112 Å². The molecule has 0 aliphatic carbocycles. The fourth-order valence-corrected chi connectivity index (χ4v) is 4.86. The van der Waals surface area contributed by atoms with E-state index in [9.17, 15) is 22.3 Å². The van der Waals surface area contributed by atoms with Crippen LogP contribution < -0.4 is 4.74 Å². The minimum atomic E-state index is -4.80. The van der Waals surface area contributed by atoms with Crippen molar-refractivity contribution in [3.8, 4) is 5.75 Å². The van der Waals surface area contributed by atoms with Crippen molar-refractivity contribution in [3.63, 3.8) is 0 Å². The van der Waals surface area contributed by atoms with E-state index >= 15 is 0 Å². The monoisotopic (exact) mass is 550 g/mol. The highest BCUT2D eigenvalue weighted by Crippen LogP contribution is 2.30. The van der Waals surface area contributed by atoms with Gasteiger partial charge in [0.1, 0.15) is 35.8 Å². The summed E-state index contributed by atoms with van der Waals surface area (Å²) >= 11 is -4.09. The van der Waals surface area contributed by atoms with Crippen LogP contribution in [-0.4, -0.2) is 40.3 Å². The summed E-state index contributed by atoms with van der Waals surface area (Å²) in [7, 11) is 0. The fraction of sp³-hybridized carbons (Fsp3) is 0.208. The first-order valence-corrected chi connectivity index (χ1v) is 13.5. The van der Waals surface area contributed by atoms with Gasteiger partial charge in [-0.3, -0.25) is 0 Å². The molecule has 0 spiro atoms. The maximum absolute atomic E-state index is 12.5. The predicted octanol–water partition coefficient (Wildman–Crippen LogP) is 4.59. The largest absolute Gasteiger partial charge is 0.616 e. The lowest BCUT2D eigenvalue weighted by atomic mass is 10.2. The zero-order valence-corrected chi connectivity index (χ0v) is 20.8. The number of hydrogen-bond donors (Lipinski definition) is 0. The average molecular weight is 551 g/mol. The third-order valence-corrected chi connectivity index (χ3v) is 7.36. The Morgan fingerprint density at radius 1 is 1.03 bits per heavy atom. The van der Waals surface area contributed by atoms with Crippen molar-refractivity contribution in [3.05, 3.63) is 89.9 Å². The molecule has 4 rings (SSSR count). The van der Waals surface area contributed by atoms with Gasteiger partial charge in [-0.15, -0.1) is 18.3 Å². The normalized spacial score (nSPS) is 13.6. The maximum Gasteiger partial charge on any atom is 0.578 e. The Morgan fingerprint density at radius 2 is 1.78 bits per heavy atom. The molecule has 2 heterocycles. The number of rotatable bonds is 11. The first-order chi connectivity index (χ1) is 17.8. The van der Waals surface area contributed by atoms with Gasteiger partial charge in [-0.25, -0.2) is 9.67 Å². The van der Waals surface area contributed by atoms with Gasteiger partial charge in [0.05, 0.1) is 23.9 Å². The standard InChI is InChI=1S/C24H21F3N4O4S2/c25-24(26,27)37(33)22-8-3-18(4-9-22)5-10-23-29-20(16-35-23)15-34-21-6-1-19(2-7-21)17-36(32)14-13-31-12-11-28-30-31/h1-12,16H,13-15,17H2/b10-5+. The lowest BCUT2D eigenvalue weighted by molar-refractivity contribution is -0.0435. The summed E-state index contributed by atoms with van der Waals surface area (Å²) < 4.78 is 74.0. The van der Waals surface area contributed by atoms with E-state index in [1.165, 1.54) is 30.5 Å². The summed E-state index contributed by atoms with van der Waals surface area (Å²) in [6, 6.07) is 12.5. The Hall–Kier alpha value is -3.26. The van der Waals surface area contributed by atoms with Crippen molar-refractivity contribution in [1.82, 2.24) is 20.0 Å². The number of aryl methyl sites for hydroxylation is 1.